The summed E-state index contributed by atoms with van der Waals surface area (Å²) in [5, 5.41) is 0. The number of aryl methyl sites for hydroxylation is 1. The van der Waals surface area contributed by atoms with Crippen LogP contribution in [0.2, 0.25) is 0 Å². The number of halogens is 2. The molecule has 0 fully saturated rings. The molecule has 0 saturated carbocycles. The highest BCUT2D eigenvalue weighted by molar-refractivity contribution is 5.26. The van der Waals surface area contributed by atoms with Gasteiger partial charge in [-0.2, -0.15) is 0 Å². The Labute approximate surface area is 244 Å². The fraction of sp³-hybridized carbons (Fsp3) is 0.353. The largest absolute Gasteiger partial charge is 1.00 e. The summed E-state index contributed by atoms with van der Waals surface area (Å²) in [6.45, 7) is 24.4. The maximum absolute atomic E-state index is 4.40. The van der Waals surface area contributed by atoms with Crippen molar-refractivity contribution in [1.29, 1.82) is 0 Å². The lowest BCUT2D eigenvalue weighted by atomic mass is 9.92. The molecule has 4 heteroatoms. The molecule has 0 aromatic heterocycles. The van der Waals surface area contributed by atoms with Crippen molar-refractivity contribution in [3.63, 3.8) is 0 Å². The van der Waals surface area contributed by atoms with Crippen molar-refractivity contribution in [1.82, 2.24) is 0 Å². The smallest absolute Gasteiger partial charge is 0.244 e. The van der Waals surface area contributed by atoms with E-state index in [1.54, 1.807) is 0 Å². The zero-order valence-electron chi connectivity index (χ0n) is 23.9. The first-order valence-corrected chi connectivity index (χ1v) is 13.6. The van der Waals surface area contributed by atoms with E-state index in [0.29, 0.717) is 0 Å². The van der Waals surface area contributed by atoms with Crippen LogP contribution in [0.3, 0.4) is 0 Å². The molecule has 2 nitrogen and oxygen atoms in total. The average Bonchev–Trinajstić information content (AvgIpc) is 2.94. The third-order valence-corrected chi connectivity index (χ3v) is 8.54. The maximum Gasteiger partial charge on any atom is 0.244 e. The quantitative estimate of drug-likeness (QED) is 0.174. The normalized spacial score (nSPS) is 13.8. The van der Waals surface area contributed by atoms with Crippen molar-refractivity contribution in [2.45, 2.75) is 52.9 Å². The topological polar surface area (TPSA) is 0 Å². The van der Waals surface area contributed by atoms with Crippen molar-refractivity contribution in [3.8, 4) is 0 Å². The number of quaternary nitrogens is 2. The zero-order valence-corrected chi connectivity index (χ0v) is 25.4. The van der Waals surface area contributed by atoms with Crippen molar-refractivity contribution in [2.24, 2.45) is 0 Å². The first kappa shape index (κ1) is 33.7. The summed E-state index contributed by atoms with van der Waals surface area (Å²) >= 11 is 0. The van der Waals surface area contributed by atoms with E-state index in [2.05, 4.69) is 145 Å². The van der Waals surface area contributed by atoms with Gasteiger partial charge in [0.15, 0.2) is 0 Å². The van der Waals surface area contributed by atoms with E-state index < -0.39 is 0 Å². The standard InChI is InChI=1S/C34H46N2.2ClH/c1-8-32(29-20-16-14-17-21-29)35(10-3,11-4)34(31-26-24-28(7)25-27-31)36(12-5,13-6)33(9-2)30-22-18-15-19-23-30;;/h8-9,14-27,32-34H,1-2,10-13H2,3-7H3;2*1H/q+2;;/p-2. The summed E-state index contributed by atoms with van der Waals surface area (Å²) in [4.78, 5) is 0. The van der Waals surface area contributed by atoms with Crippen LogP contribution in [0.1, 0.15) is 68.2 Å². The maximum atomic E-state index is 4.40. The van der Waals surface area contributed by atoms with Gasteiger partial charge in [-0.25, -0.2) is 0 Å². The van der Waals surface area contributed by atoms with Crippen molar-refractivity contribution in [3.05, 3.63) is 132 Å². The molecule has 0 heterocycles. The van der Waals surface area contributed by atoms with Crippen LogP contribution in [0.5, 0.6) is 0 Å². The molecule has 3 aromatic rings. The Hall–Kier alpha value is -2.36. The van der Waals surface area contributed by atoms with E-state index in [0.717, 1.165) is 35.1 Å². The molecule has 0 N–H and O–H groups in total. The van der Waals surface area contributed by atoms with Gasteiger partial charge in [-0.15, -0.1) is 0 Å². The molecule has 3 aromatic carbocycles. The van der Waals surface area contributed by atoms with Crippen LogP contribution in [-0.2, 0) is 0 Å². The van der Waals surface area contributed by atoms with Gasteiger partial charge in [0.2, 0.25) is 6.17 Å². The van der Waals surface area contributed by atoms with Gasteiger partial charge in [0.05, 0.1) is 31.7 Å². The number of hydrogen-bond donors (Lipinski definition) is 0. The molecule has 206 valence electrons. The second-order valence-corrected chi connectivity index (χ2v) is 9.94. The Morgan fingerprint density at radius 2 is 0.895 bits per heavy atom. The molecule has 0 bridgehead atoms. The molecule has 38 heavy (non-hydrogen) atoms. The number of rotatable bonds is 13. The lowest BCUT2D eigenvalue weighted by Crippen LogP contribution is -3.00. The highest BCUT2D eigenvalue weighted by Gasteiger charge is 2.55. The Bertz CT molecular complexity index is 1020. The van der Waals surface area contributed by atoms with Gasteiger partial charge in [-0.1, -0.05) is 91.5 Å². The summed E-state index contributed by atoms with van der Waals surface area (Å²) in [5.74, 6) is 0. The van der Waals surface area contributed by atoms with Crippen LogP contribution in [-0.4, -0.2) is 35.1 Å². The predicted molar refractivity (Wildman–Crippen MR) is 155 cm³/mol. The number of benzene rings is 3. The van der Waals surface area contributed by atoms with E-state index in [1.165, 1.54) is 22.3 Å². The first-order chi connectivity index (χ1) is 17.5. The van der Waals surface area contributed by atoms with Crippen molar-refractivity contribution >= 4 is 0 Å². The Morgan fingerprint density at radius 3 is 1.18 bits per heavy atom. The van der Waals surface area contributed by atoms with Gasteiger partial charge >= 0.3 is 0 Å². The number of nitrogens with zero attached hydrogens (tertiary/aromatic N) is 2. The third-order valence-electron chi connectivity index (χ3n) is 8.54. The molecule has 2 unspecified atom stereocenters. The molecule has 0 aliphatic rings. The monoisotopic (exact) mass is 552 g/mol. The van der Waals surface area contributed by atoms with Gasteiger partial charge in [-0.05, 0) is 58.9 Å². The van der Waals surface area contributed by atoms with Crippen LogP contribution >= 0.6 is 0 Å². The number of likely N-dealkylation sites (N-methyl/N-ethyl adjacent to an activating group) is 2. The zero-order chi connectivity index (χ0) is 26.2. The molecule has 3 rings (SSSR count). The van der Waals surface area contributed by atoms with Crippen molar-refractivity contribution < 1.29 is 33.8 Å². The SMILES string of the molecule is C=CC(c1ccccc1)[N+](CC)(CC)C(c1ccc(C)cc1)[N+](CC)(CC)C(C=C)c1ccccc1.[Cl-].[Cl-]. The highest BCUT2D eigenvalue weighted by Crippen LogP contribution is 2.49. The van der Waals surface area contributed by atoms with Crippen LogP contribution in [0.25, 0.3) is 0 Å². The number of hydrogen-bond acceptors (Lipinski definition) is 0. The first-order valence-electron chi connectivity index (χ1n) is 13.6. The molecule has 2 atom stereocenters. The molecule has 0 saturated heterocycles. The summed E-state index contributed by atoms with van der Waals surface area (Å²) < 4.78 is 1.80. The molecule has 0 spiro atoms. The molecule has 0 aliphatic carbocycles. The fourth-order valence-corrected chi connectivity index (χ4v) is 6.61. The Balaban J connectivity index is 0.00000361. The van der Waals surface area contributed by atoms with E-state index in [1.807, 2.05) is 0 Å². The highest BCUT2D eigenvalue weighted by atomic mass is 35.5. The van der Waals surface area contributed by atoms with E-state index in [9.17, 15) is 0 Å². The second kappa shape index (κ2) is 15.3. The van der Waals surface area contributed by atoms with Crippen LogP contribution in [0.15, 0.2) is 110 Å². The van der Waals surface area contributed by atoms with Gasteiger partial charge in [0.1, 0.15) is 12.1 Å². The lowest BCUT2D eigenvalue weighted by Gasteiger charge is -2.57. The van der Waals surface area contributed by atoms with Crippen LogP contribution in [0.4, 0.5) is 0 Å². The van der Waals surface area contributed by atoms with Gasteiger partial charge in [-0.3, -0.25) is 8.97 Å². The Kier molecular flexibility index (Phi) is 13.5. The van der Waals surface area contributed by atoms with E-state index >= 15 is 0 Å². The molecule has 0 aliphatic heterocycles. The summed E-state index contributed by atoms with van der Waals surface area (Å²) in [7, 11) is 0. The second-order valence-electron chi connectivity index (χ2n) is 9.94. The molecular formula is C34H46Cl2N2. The van der Waals surface area contributed by atoms with Gasteiger partial charge in [0, 0.05) is 11.1 Å². The minimum Gasteiger partial charge on any atom is -1.00 e. The van der Waals surface area contributed by atoms with Crippen LogP contribution < -0.4 is 24.8 Å². The summed E-state index contributed by atoms with van der Waals surface area (Å²) in [6.07, 6.45) is 4.58. The van der Waals surface area contributed by atoms with Crippen molar-refractivity contribution in [2.75, 3.05) is 26.2 Å². The third kappa shape index (κ3) is 6.26. The van der Waals surface area contributed by atoms with Crippen LogP contribution in [0, 0.1) is 6.92 Å². The summed E-state index contributed by atoms with van der Waals surface area (Å²) in [5.41, 5.74) is 5.34. The van der Waals surface area contributed by atoms with E-state index in [4.69, 9.17) is 0 Å². The average molecular weight is 554 g/mol. The minimum atomic E-state index is 0. The predicted octanol–water partition coefficient (Wildman–Crippen LogP) is 2.57. The van der Waals surface area contributed by atoms with E-state index in [-0.39, 0.29) is 43.1 Å². The Morgan fingerprint density at radius 1 is 0.553 bits per heavy atom. The molecule has 0 amide bonds. The van der Waals surface area contributed by atoms with Gasteiger partial charge < -0.3 is 24.8 Å². The minimum absolute atomic E-state index is 0. The fourth-order valence-electron chi connectivity index (χ4n) is 6.61. The molecular weight excluding hydrogens is 507 g/mol. The summed E-state index contributed by atoms with van der Waals surface area (Å²) in [6, 6.07) is 31.6. The lowest BCUT2D eigenvalue weighted by molar-refractivity contribution is -1.16. The van der Waals surface area contributed by atoms with Gasteiger partial charge in [0.25, 0.3) is 0 Å². The molecule has 0 radical (unpaired) electrons.